The molecule has 6 heteroatoms. The molecule has 0 radical (unpaired) electrons. The summed E-state index contributed by atoms with van der Waals surface area (Å²) in [7, 11) is 0. The van der Waals surface area contributed by atoms with Crippen LogP contribution in [-0.4, -0.2) is 33.1 Å². The zero-order chi connectivity index (χ0) is 14.3. The van der Waals surface area contributed by atoms with Crippen LogP contribution in [-0.2, 0) is 17.7 Å². The molecule has 1 aliphatic heterocycles. The lowest BCUT2D eigenvalue weighted by molar-refractivity contribution is 0.0227. The van der Waals surface area contributed by atoms with Gasteiger partial charge >= 0.3 is 6.09 Å². The third-order valence-corrected chi connectivity index (χ3v) is 4.32. The zero-order valence-corrected chi connectivity index (χ0v) is 12.7. The monoisotopic (exact) mass is 291 g/mol. The van der Waals surface area contributed by atoms with Crippen LogP contribution in [0.5, 0.6) is 0 Å². The van der Waals surface area contributed by atoms with Gasteiger partial charge in [0.05, 0.1) is 6.54 Å². The molecule has 2 aromatic heterocycles. The van der Waals surface area contributed by atoms with Gasteiger partial charge < -0.3 is 9.64 Å². The molecule has 0 fully saturated rings. The Labute approximate surface area is 121 Å². The minimum Gasteiger partial charge on any atom is -0.444 e. The van der Waals surface area contributed by atoms with E-state index in [1.807, 2.05) is 27.0 Å². The number of rotatable bonds is 0. The number of thiophene rings is 1. The maximum atomic E-state index is 12.1. The van der Waals surface area contributed by atoms with E-state index in [9.17, 15) is 4.79 Å². The van der Waals surface area contributed by atoms with Crippen LogP contribution in [0, 0.1) is 0 Å². The van der Waals surface area contributed by atoms with E-state index in [2.05, 4.69) is 9.97 Å². The molecule has 106 valence electrons. The van der Waals surface area contributed by atoms with Crippen molar-refractivity contribution in [3.8, 4) is 0 Å². The van der Waals surface area contributed by atoms with Gasteiger partial charge in [0.25, 0.3) is 0 Å². The number of fused-ring (bicyclic) bond motifs is 3. The van der Waals surface area contributed by atoms with Gasteiger partial charge in [-0.25, -0.2) is 14.8 Å². The van der Waals surface area contributed by atoms with Crippen molar-refractivity contribution in [3.05, 3.63) is 23.0 Å². The summed E-state index contributed by atoms with van der Waals surface area (Å²) < 4.78 is 5.43. The number of nitrogens with zero attached hydrogens (tertiary/aromatic N) is 3. The predicted octanol–water partition coefficient (Wildman–Crippen LogP) is 2.98. The van der Waals surface area contributed by atoms with Gasteiger partial charge in [-0.05, 0) is 32.8 Å². The summed E-state index contributed by atoms with van der Waals surface area (Å²) in [5.74, 6) is 0. The SMILES string of the molecule is CC(C)(C)OC(=O)N1CCc2c(sc3ncncc23)C1. The minimum absolute atomic E-state index is 0.244. The third kappa shape index (κ3) is 2.47. The van der Waals surface area contributed by atoms with Crippen molar-refractivity contribution in [3.63, 3.8) is 0 Å². The van der Waals surface area contributed by atoms with Crippen LogP contribution < -0.4 is 0 Å². The van der Waals surface area contributed by atoms with Gasteiger partial charge in [0.15, 0.2) is 0 Å². The van der Waals surface area contributed by atoms with Gasteiger partial charge in [-0.1, -0.05) is 0 Å². The predicted molar refractivity (Wildman–Crippen MR) is 77.8 cm³/mol. The first-order valence-electron chi connectivity index (χ1n) is 6.62. The fourth-order valence-electron chi connectivity index (χ4n) is 2.32. The second kappa shape index (κ2) is 4.70. The highest BCUT2D eigenvalue weighted by molar-refractivity contribution is 7.18. The van der Waals surface area contributed by atoms with E-state index in [0.717, 1.165) is 16.6 Å². The number of hydrogen-bond acceptors (Lipinski definition) is 5. The Balaban J connectivity index is 1.84. The van der Waals surface area contributed by atoms with Gasteiger partial charge in [-0.15, -0.1) is 11.3 Å². The molecule has 20 heavy (non-hydrogen) atoms. The molecule has 0 unspecified atom stereocenters. The number of ether oxygens (including phenoxy) is 1. The smallest absolute Gasteiger partial charge is 0.410 e. The number of carbonyl (C=O) groups excluding carboxylic acids is 1. The Kier molecular flexibility index (Phi) is 3.12. The quantitative estimate of drug-likeness (QED) is 0.748. The summed E-state index contributed by atoms with van der Waals surface area (Å²) in [5, 5.41) is 1.12. The van der Waals surface area contributed by atoms with Crippen LogP contribution in [0.15, 0.2) is 12.5 Å². The molecule has 1 amide bonds. The van der Waals surface area contributed by atoms with E-state index in [-0.39, 0.29) is 6.09 Å². The molecule has 5 nitrogen and oxygen atoms in total. The summed E-state index contributed by atoms with van der Waals surface area (Å²) in [6.45, 7) is 6.94. The van der Waals surface area contributed by atoms with Crippen LogP contribution in [0.25, 0.3) is 10.2 Å². The molecular weight excluding hydrogens is 274 g/mol. The molecule has 0 spiro atoms. The van der Waals surface area contributed by atoms with E-state index < -0.39 is 5.60 Å². The largest absolute Gasteiger partial charge is 0.444 e. The van der Waals surface area contributed by atoms with Gasteiger partial charge in [-0.2, -0.15) is 0 Å². The van der Waals surface area contributed by atoms with E-state index in [1.54, 1.807) is 22.6 Å². The lowest BCUT2D eigenvalue weighted by Gasteiger charge is -2.29. The normalized spacial score (nSPS) is 15.2. The van der Waals surface area contributed by atoms with Crippen molar-refractivity contribution in [1.82, 2.24) is 14.9 Å². The molecular formula is C14H17N3O2S. The van der Waals surface area contributed by atoms with Crippen LogP contribution in [0.4, 0.5) is 4.79 Å². The maximum absolute atomic E-state index is 12.1. The van der Waals surface area contributed by atoms with Crippen molar-refractivity contribution >= 4 is 27.6 Å². The first-order valence-corrected chi connectivity index (χ1v) is 7.44. The van der Waals surface area contributed by atoms with Gasteiger partial charge in [0, 0.05) is 23.0 Å². The topological polar surface area (TPSA) is 55.3 Å². The average molecular weight is 291 g/mol. The number of hydrogen-bond donors (Lipinski definition) is 0. The summed E-state index contributed by atoms with van der Waals surface area (Å²) in [6, 6.07) is 0. The van der Waals surface area contributed by atoms with Crippen molar-refractivity contribution in [2.45, 2.75) is 39.3 Å². The van der Waals surface area contributed by atoms with Gasteiger partial charge in [-0.3, -0.25) is 0 Å². The lowest BCUT2D eigenvalue weighted by Crippen LogP contribution is -2.39. The Morgan fingerprint density at radius 2 is 2.25 bits per heavy atom. The van der Waals surface area contributed by atoms with Crippen molar-refractivity contribution in [1.29, 1.82) is 0 Å². The van der Waals surface area contributed by atoms with E-state index >= 15 is 0 Å². The highest BCUT2D eigenvalue weighted by Crippen LogP contribution is 2.33. The van der Waals surface area contributed by atoms with Crippen LogP contribution in [0.1, 0.15) is 31.2 Å². The summed E-state index contributed by atoms with van der Waals surface area (Å²) in [5.41, 5.74) is 0.827. The molecule has 0 N–H and O–H groups in total. The Morgan fingerprint density at radius 1 is 1.45 bits per heavy atom. The van der Waals surface area contributed by atoms with E-state index in [1.165, 1.54) is 10.4 Å². The maximum Gasteiger partial charge on any atom is 0.410 e. The molecule has 0 aliphatic carbocycles. The van der Waals surface area contributed by atoms with Crippen molar-refractivity contribution < 1.29 is 9.53 Å². The lowest BCUT2D eigenvalue weighted by atomic mass is 10.1. The highest BCUT2D eigenvalue weighted by atomic mass is 32.1. The highest BCUT2D eigenvalue weighted by Gasteiger charge is 2.27. The van der Waals surface area contributed by atoms with Crippen molar-refractivity contribution in [2.75, 3.05) is 6.54 Å². The van der Waals surface area contributed by atoms with Crippen LogP contribution >= 0.6 is 11.3 Å². The number of aromatic nitrogens is 2. The molecule has 0 atom stereocenters. The van der Waals surface area contributed by atoms with Gasteiger partial charge in [0.1, 0.15) is 16.8 Å². The summed E-state index contributed by atoms with van der Waals surface area (Å²) in [6.07, 6.45) is 4.02. The second-order valence-electron chi connectivity index (χ2n) is 5.90. The van der Waals surface area contributed by atoms with E-state index in [0.29, 0.717) is 13.1 Å². The number of carbonyl (C=O) groups is 1. The average Bonchev–Trinajstić information content (AvgIpc) is 2.74. The fourth-order valence-corrected chi connectivity index (χ4v) is 3.49. The standard InChI is InChI=1S/C14H17N3O2S/c1-14(2,3)19-13(18)17-5-4-9-10-6-15-8-16-12(10)20-11(9)7-17/h6,8H,4-5,7H2,1-3H3. The minimum atomic E-state index is -0.455. The Bertz CT molecular complexity index is 660. The van der Waals surface area contributed by atoms with Crippen molar-refractivity contribution in [2.24, 2.45) is 0 Å². The molecule has 3 rings (SSSR count). The zero-order valence-electron chi connectivity index (χ0n) is 11.8. The molecule has 0 bridgehead atoms. The third-order valence-electron chi connectivity index (χ3n) is 3.18. The van der Waals surface area contributed by atoms with Crippen LogP contribution in [0.3, 0.4) is 0 Å². The molecule has 1 aliphatic rings. The van der Waals surface area contributed by atoms with E-state index in [4.69, 9.17) is 4.74 Å². The van der Waals surface area contributed by atoms with Gasteiger partial charge in [0.2, 0.25) is 0 Å². The molecule has 0 aromatic carbocycles. The number of amides is 1. The second-order valence-corrected chi connectivity index (χ2v) is 6.98. The Hall–Kier alpha value is -1.69. The van der Waals surface area contributed by atoms with Crippen LogP contribution in [0.2, 0.25) is 0 Å². The molecule has 0 saturated heterocycles. The molecule has 3 heterocycles. The molecule has 2 aromatic rings. The first kappa shape index (κ1) is 13.3. The molecule has 0 saturated carbocycles. The Morgan fingerprint density at radius 3 is 3.00 bits per heavy atom. The summed E-state index contributed by atoms with van der Waals surface area (Å²) >= 11 is 1.64. The summed E-state index contributed by atoms with van der Waals surface area (Å²) in [4.78, 5) is 24.4. The first-order chi connectivity index (χ1) is 9.44. The fraction of sp³-hybridized carbons (Fsp3) is 0.500.